The summed E-state index contributed by atoms with van der Waals surface area (Å²) in [6.45, 7) is 0. The number of aliphatic hydroxyl groups is 1. The normalized spacial score (nSPS) is 21.2. The van der Waals surface area contributed by atoms with E-state index in [0.717, 1.165) is 53.7 Å². The minimum absolute atomic E-state index is 0.177. The average Bonchev–Trinajstić information content (AvgIpc) is 2.97. The molecular formula is C18H21N5O. The molecule has 1 saturated carbocycles. The van der Waals surface area contributed by atoms with Gasteiger partial charge in [0, 0.05) is 22.9 Å². The van der Waals surface area contributed by atoms with Crippen LogP contribution in [0.1, 0.15) is 37.3 Å². The van der Waals surface area contributed by atoms with Gasteiger partial charge in [0.25, 0.3) is 0 Å². The molecule has 0 bridgehead atoms. The first-order valence-corrected chi connectivity index (χ1v) is 8.29. The second-order valence-corrected chi connectivity index (χ2v) is 6.52. The van der Waals surface area contributed by atoms with E-state index in [2.05, 4.69) is 16.1 Å². The Labute approximate surface area is 140 Å². The summed E-state index contributed by atoms with van der Waals surface area (Å²) in [6, 6.07) is 9.91. The lowest BCUT2D eigenvalue weighted by Crippen LogP contribution is -2.18. The first kappa shape index (κ1) is 15.0. The highest BCUT2D eigenvalue weighted by Crippen LogP contribution is 2.38. The summed E-state index contributed by atoms with van der Waals surface area (Å²) < 4.78 is 1.91. The third-order valence-corrected chi connectivity index (χ3v) is 4.95. The minimum atomic E-state index is -0.177. The molecule has 0 saturated heterocycles. The Morgan fingerprint density at radius 1 is 1.04 bits per heavy atom. The molecule has 0 unspecified atom stereocenters. The van der Waals surface area contributed by atoms with Gasteiger partial charge in [-0.05, 0) is 49.4 Å². The van der Waals surface area contributed by atoms with Gasteiger partial charge in [0.05, 0.1) is 6.10 Å². The lowest BCUT2D eigenvalue weighted by molar-refractivity contribution is 0.121. The van der Waals surface area contributed by atoms with E-state index in [1.807, 2.05) is 28.8 Å². The Morgan fingerprint density at radius 2 is 1.75 bits per heavy atom. The monoisotopic (exact) mass is 323 g/mol. The van der Waals surface area contributed by atoms with E-state index in [1.54, 1.807) is 0 Å². The van der Waals surface area contributed by atoms with E-state index in [-0.39, 0.29) is 6.10 Å². The predicted octanol–water partition coefficient (Wildman–Crippen LogP) is 2.58. The van der Waals surface area contributed by atoms with Crippen LogP contribution in [0.2, 0.25) is 0 Å². The van der Waals surface area contributed by atoms with Crippen molar-refractivity contribution >= 4 is 17.0 Å². The van der Waals surface area contributed by atoms with Gasteiger partial charge < -0.3 is 16.6 Å². The second kappa shape index (κ2) is 5.79. The molecule has 1 aromatic carbocycles. The first-order valence-electron chi connectivity index (χ1n) is 8.29. The number of aromatic nitrogens is 3. The number of rotatable bonds is 2. The quantitative estimate of drug-likeness (QED) is 0.629. The van der Waals surface area contributed by atoms with Crippen LogP contribution < -0.4 is 11.5 Å². The molecule has 0 aliphatic heterocycles. The van der Waals surface area contributed by atoms with Crippen LogP contribution in [0, 0.1) is 0 Å². The van der Waals surface area contributed by atoms with Gasteiger partial charge in [0.2, 0.25) is 0 Å². The topological polar surface area (TPSA) is 102 Å². The van der Waals surface area contributed by atoms with Gasteiger partial charge in [0.15, 0.2) is 5.82 Å². The fraction of sp³-hybridized carbons (Fsp3) is 0.333. The van der Waals surface area contributed by atoms with Gasteiger partial charge in [-0.25, -0.2) is 9.50 Å². The number of hydrogen-bond donors (Lipinski definition) is 3. The van der Waals surface area contributed by atoms with Crippen LogP contribution in [-0.2, 0) is 0 Å². The van der Waals surface area contributed by atoms with Gasteiger partial charge in [-0.2, -0.15) is 5.10 Å². The Hall–Kier alpha value is -2.60. The maximum absolute atomic E-state index is 9.78. The molecule has 0 spiro atoms. The van der Waals surface area contributed by atoms with Gasteiger partial charge in [-0.1, -0.05) is 12.1 Å². The lowest BCUT2D eigenvalue weighted by atomic mass is 9.85. The largest absolute Gasteiger partial charge is 0.399 e. The number of nitrogen functional groups attached to an aromatic ring is 2. The fourth-order valence-corrected chi connectivity index (χ4v) is 3.64. The van der Waals surface area contributed by atoms with Crippen molar-refractivity contribution in [3.63, 3.8) is 0 Å². The Kier molecular flexibility index (Phi) is 3.61. The molecule has 6 nitrogen and oxygen atoms in total. The van der Waals surface area contributed by atoms with Gasteiger partial charge in [0.1, 0.15) is 11.8 Å². The zero-order valence-electron chi connectivity index (χ0n) is 13.4. The number of hydrogen-bond acceptors (Lipinski definition) is 5. The molecule has 1 fully saturated rings. The predicted molar refractivity (Wildman–Crippen MR) is 94.5 cm³/mol. The average molecular weight is 323 g/mol. The third kappa shape index (κ3) is 2.49. The lowest BCUT2D eigenvalue weighted by Gasteiger charge is -2.24. The molecule has 4 rings (SSSR count). The van der Waals surface area contributed by atoms with Crippen molar-refractivity contribution in [1.29, 1.82) is 0 Å². The van der Waals surface area contributed by atoms with Crippen molar-refractivity contribution in [2.24, 2.45) is 0 Å². The molecule has 5 N–H and O–H groups in total. The van der Waals surface area contributed by atoms with Gasteiger partial charge in [-0.3, -0.25) is 0 Å². The molecule has 2 aromatic heterocycles. The number of nitrogens with zero attached hydrogens (tertiary/aromatic N) is 3. The van der Waals surface area contributed by atoms with Crippen molar-refractivity contribution in [1.82, 2.24) is 14.6 Å². The van der Waals surface area contributed by atoms with Crippen molar-refractivity contribution < 1.29 is 5.11 Å². The summed E-state index contributed by atoms with van der Waals surface area (Å²) in [5.74, 6) is 0.844. The summed E-state index contributed by atoms with van der Waals surface area (Å²) >= 11 is 0. The van der Waals surface area contributed by atoms with Crippen LogP contribution in [-0.4, -0.2) is 25.8 Å². The highest BCUT2D eigenvalue weighted by atomic mass is 16.3. The van der Waals surface area contributed by atoms with Crippen molar-refractivity contribution in [2.45, 2.75) is 37.7 Å². The number of anilines is 2. The molecule has 6 heteroatoms. The third-order valence-electron chi connectivity index (χ3n) is 4.95. The van der Waals surface area contributed by atoms with Gasteiger partial charge in [-0.15, -0.1) is 0 Å². The molecule has 2 heterocycles. The Balaban J connectivity index is 1.87. The van der Waals surface area contributed by atoms with Crippen molar-refractivity contribution in [2.75, 3.05) is 11.5 Å². The van der Waals surface area contributed by atoms with Crippen LogP contribution in [0.4, 0.5) is 11.5 Å². The maximum atomic E-state index is 9.78. The van der Waals surface area contributed by atoms with Crippen LogP contribution in [0.15, 0.2) is 36.7 Å². The summed E-state index contributed by atoms with van der Waals surface area (Å²) in [5, 5.41) is 14.2. The molecule has 0 amide bonds. The smallest absolute Gasteiger partial charge is 0.151 e. The molecule has 3 aromatic rings. The summed E-state index contributed by atoms with van der Waals surface area (Å²) in [6.07, 6.45) is 4.89. The number of nitrogens with two attached hydrogens (primary N) is 2. The summed E-state index contributed by atoms with van der Waals surface area (Å²) in [4.78, 5) is 4.16. The molecular weight excluding hydrogens is 302 g/mol. The van der Waals surface area contributed by atoms with Crippen LogP contribution >= 0.6 is 0 Å². The number of benzene rings is 1. The van der Waals surface area contributed by atoms with Crippen LogP contribution in [0.3, 0.4) is 0 Å². The van der Waals surface area contributed by atoms with E-state index in [4.69, 9.17) is 11.5 Å². The van der Waals surface area contributed by atoms with Gasteiger partial charge >= 0.3 is 0 Å². The summed E-state index contributed by atoms with van der Waals surface area (Å²) in [7, 11) is 0. The zero-order chi connectivity index (χ0) is 16.7. The van der Waals surface area contributed by atoms with E-state index in [1.165, 1.54) is 6.33 Å². The van der Waals surface area contributed by atoms with Crippen LogP contribution in [0.5, 0.6) is 0 Å². The SMILES string of the molecule is Nc1ccc(-c2cc(C3CCC(O)CC3)n3ncnc(N)c23)cc1. The van der Waals surface area contributed by atoms with E-state index in [9.17, 15) is 5.11 Å². The highest BCUT2D eigenvalue weighted by Gasteiger charge is 2.25. The number of fused-ring (bicyclic) bond motifs is 1. The van der Waals surface area contributed by atoms with Crippen LogP contribution in [0.25, 0.3) is 16.6 Å². The minimum Gasteiger partial charge on any atom is -0.399 e. The van der Waals surface area contributed by atoms with Crippen molar-refractivity contribution in [3.8, 4) is 11.1 Å². The molecule has 124 valence electrons. The molecule has 24 heavy (non-hydrogen) atoms. The molecule has 1 aliphatic carbocycles. The second-order valence-electron chi connectivity index (χ2n) is 6.52. The standard InChI is InChI=1S/C18H21N5O/c19-13-5-1-11(2-6-13)15-9-16(12-3-7-14(24)8-4-12)23-17(15)18(20)21-10-22-23/h1-2,5-6,9-10,12,14,24H,3-4,7-8,19H2,(H2,20,21,22). The van der Waals surface area contributed by atoms with E-state index >= 15 is 0 Å². The highest BCUT2D eigenvalue weighted by molar-refractivity contribution is 5.88. The molecule has 0 atom stereocenters. The number of aliphatic hydroxyl groups excluding tert-OH is 1. The fourth-order valence-electron chi connectivity index (χ4n) is 3.64. The maximum Gasteiger partial charge on any atom is 0.151 e. The molecule has 1 aliphatic rings. The molecule has 0 radical (unpaired) electrons. The Bertz CT molecular complexity index is 863. The zero-order valence-corrected chi connectivity index (χ0v) is 13.4. The van der Waals surface area contributed by atoms with E-state index < -0.39 is 0 Å². The van der Waals surface area contributed by atoms with E-state index in [0.29, 0.717) is 11.7 Å². The van der Waals surface area contributed by atoms with Crippen molar-refractivity contribution in [3.05, 3.63) is 42.4 Å². The first-order chi connectivity index (χ1) is 11.6. The Morgan fingerprint density at radius 3 is 2.46 bits per heavy atom. The summed E-state index contributed by atoms with van der Waals surface area (Å²) in [5.41, 5.74) is 16.7.